The van der Waals surface area contributed by atoms with Gasteiger partial charge in [0.2, 0.25) is 0 Å². The fourth-order valence-corrected chi connectivity index (χ4v) is 1.79. The van der Waals surface area contributed by atoms with E-state index in [4.69, 9.17) is 4.74 Å². The van der Waals surface area contributed by atoms with E-state index in [0.717, 1.165) is 10.2 Å². The molecule has 1 unspecified atom stereocenters. The van der Waals surface area contributed by atoms with Gasteiger partial charge in [-0.15, -0.1) is 0 Å². The molecule has 0 aliphatic heterocycles. The predicted molar refractivity (Wildman–Crippen MR) is 68.1 cm³/mol. The van der Waals surface area contributed by atoms with Gasteiger partial charge in [0, 0.05) is 0 Å². The zero-order chi connectivity index (χ0) is 12.3. The largest absolute Gasteiger partial charge is 0.453 e. The fraction of sp³-hybridized carbons (Fsp3) is 0.250. The molecule has 1 N–H and O–H groups in total. The smallest absolute Gasteiger partial charge is 0.165 e. The van der Waals surface area contributed by atoms with E-state index in [9.17, 15) is 5.11 Å². The zero-order valence-electron chi connectivity index (χ0n) is 9.38. The third-order valence-corrected chi connectivity index (χ3v) is 2.78. The molecule has 1 aromatic heterocycles. The van der Waals surface area contributed by atoms with Gasteiger partial charge in [0.05, 0.1) is 29.5 Å². The first-order chi connectivity index (χ1) is 8.15. The maximum absolute atomic E-state index is 9.24. The molecule has 1 heterocycles. The Labute approximate surface area is 108 Å². The van der Waals surface area contributed by atoms with E-state index < -0.39 is 6.10 Å². The van der Waals surface area contributed by atoms with Crippen LogP contribution in [0.5, 0.6) is 11.5 Å². The molecule has 1 aromatic carbocycles. The molecule has 2 rings (SSSR count). The van der Waals surface area contributed by atoms with Crippen molar-refractivity contribution in [3.63, 3.8) is 0 Å². The van der Waals surface area contributed by atoms with Crippen LogP contribution in [0.15, 0.2) is 41.1 Å². The summed E-state index contributed by atoms with van der Waals surface area (Å²) in [6.45, 7) is 2.18. The van der Waals surface area contributed by atoms with Gasteiger partial charge in [-0.2, -0.15) is 5.10 Å². The molecule has 0 aliphatic carbocycles. The number of hydrogen-bond acceptors (Lipinski definition) is 3. The summed E-state index contributed by atoms with van der Waals surface area (Å²) >= 11 is 3.41. The van der Waals surface area contributed by atoms with Crippen molar-refractivity contribution in [2.75, 3.05) is 0 Å². The highest BCUT2D eigenvalue weighted by Crippen LogP contribution is 2.28. The second-order valence-electron chi connectivity index (χ2n) is 3.78. The molecular formula is C12H13BrN2O2. The van der Waals surface area contributed by atoms with Crippen LogP contribution in [0.4, 0.5) is 0 Å². The highest BCUT2D eigenvalue weighted by molar-refractivity contribution is 9.10. The number of nitrogens with zero attached hydrogens (tertiary/aromatic N) is 2. The number of aromatic nitrogens is 2. The molecule has 4 nitrogen and oxygen atoms in total. The highest BCUT2D eigenvalue weighted by atomic mass is 79.9. The molecule has 0 fully saturated rings. The van der Waals surface area contributed by atoms with Crippen LogP contribution in [0.2, 0.25) is 0 Å². The van der Waals surface area contributed by atoms with Crippen LogP contribution in [0, 0.1) is 0 Å². The molecule has 90 valence electrons. The van der Waals surface area contributed by atoms with Crippen LogP contribution in [0.1, 0.15) is 6.92 Å². The highest BCUT2D eigenvalue weighted by Gasteiger charge is 2.05. The van der Waals surface area contributed by atoms with E-state index in [2.05, 4.69) is 21.0 Å². The fourth-order valence-electron chi connectivity index (χ4n) is 1.42. The first-order valence-corrected chi connectivity index (χ1v) is 6.07. The normalized spacial score (nSPS) is 12.4. The Bertz CT molecular complexity index is 497. The van der Waals surface area contributed by atoms with Gasteiger partial charge in [0.15, 0.2) is 5.75 Å². The summed E-state index contributed by atoms with van der Waals surface area (Å²) in [5, 5.41) is 13.3. The Morgan fingerprint density at radius 3 is 2.94 bits per heavy atom. The van der Waals surface area contributed by atoms with Crippen molar-refractivity contribution in [2.24, 2.45) is 0 Å². The average Bonchev–Trinajstić information content (AvgIpc) is 2.68. The standard InChI is InChI=1S/C12H13BrN2O2/c1-9(16)7-15-8-10(6-14-15)17-12-5-3-2-4-11(12)13/h2-6,8-9,16H,7H2,1H3. The number of rotatable bonds is 4. The summed E-state index contributed by atoms with van der Waals surface area (Å²) < 4.78 is 8.20. The molecule has 2 aromatic rings. The summed E-state index contributed by atoms with van der Waals surface area (Å²) in [5.41, 5.74) is 0. The lowest BCUT2D eigenvalue weighted by Gasteiger charge is -2.05. The van der Waals surface area contributed by atoms with Gasteiger partial charge in [0.25, 0.3) is 0 Å². The molecule has 0 aliphatic rings. The molecule has 0 bridgehead atoms. The third-order valence-electron chi connectivity index (χ3n) is 2.13. The summed E-state index contributed by atoms with van der Waals surface area (Å²) in [6.07, 6.45) is 2.96. The van der Waals surface area contributed by atoms with Crippen LogP contribution in [-0.4, -0.2) is 21.0 Å². The SMILES string of the molecule is CC(O)Cn1cc(Oc2ccccc2Br)cn1. The Morgan fingerprint density at radius 2 is 2.24 bits per heavy atom. The van der Waals surface area contributed by atoms with Gasteiger partial charge < -0.3 is 9.84 Å². The van der Waals surface area contributed by atoms with Crippen molar-refractivity contribution in [3.05, 3.63) is 41.1 Å². The Balaban J connectivity index is 2.09. The average molecular weight is 297 g/mol. The third kappa shape index (κ3) is 3.31. The molecule has 0 saturated carbocycles. The number of halogens is 1. The molecule has 0 radical (unpaired) electrons. The second kappa shape index (κ2) is 5.33. The van der Waals surface area contributed by atoms with E-state index in [0.29, 0.717) is 12.3 Å². The van der Waals surface area contributed by atoms with Crippen LogP contribution < -0.4 is 4.74 Å². The lowest BCUT2D eigenvalue weighted by Crippen LogP contribution is -2.11. The van der Waals surface area contributed by atoms with Crippen LogP contribution in [0.3, 0.4) is 0 Å². The topological polar surface area (TPSA) is 47.3 Å². The van der Waals surface area contributed by atoms with E-state index in [1.54, 1.807) is 24.0 Å². The van der Waals surface area contributed by atoms with Gasteiger partial charge in [-0.05, 0) is 35.0 Å². The lowest BCUT2D eigenvalue weighted by molar-refractivity contribution is 0.168. The van der Waals surface area contributed by atoms with E-state index in [1.807, 2.05) is 24.3 Å². The van der Waals surface area contributed by atoms with Gasteiger partial charge in [-0.1, -0.05) is 12.1 Å². The molecular weight excluding hydrogens is 284 g/mol. The zero-order valence-corrected chi connectivity index (χ0v) is 11.0. The molecule has 1 atom stereocenters. The number of aliphatic hydroxyl groups is 1. The summed E-state index contributed by atoms with van der Waals surface area (Å²) in [6, 6.07) is 7.61. The molecule has 0 spiro atoms. The Morgan fingerprint density at radius 1 is 1.47 bits per heavy atom. The van der Waals surface area contributed by atoms with Gasteiger partial charge >= 0.3 is 0 Å². The minimum atomic E-state index is -0.425. The van der Waals surface area contributed by atoms with Crippen molar-refractivity contribution >= 4 is 15.9 Å². The minimum absolute atomic E-state index is 0.425. The Hall–Kier alpha value is -1.33. The van der Waals surface area contributed by atoms with Gasteiger partial charge in [0.1, 0.15) is 5.75 Å². The van der Waals surface area contributed by atoms with Crippen LogP contribution in [0.25, 0.3) is 0 Å². The van der Waals surface area contributed by atoms with Gasteiger partial charge in [-0.3, -0.25) is 4.68 Å². The monoisotopic (exact) mass is 296 g/mol. The maximum atomic E-state index is 9.24. The van der Waals surface area contributed by atoms with Gasteiger partial charge in [-0.25, -0.2) is 0 Å². The summed E-state index contributed by atoms with van der Waals surface area (Å²) in [5.74, 6) is 1.39. The molecule has 5 heteroatoms. The number of hydrogen-bond donors (Lipinski definition) is 1. The number of ether oxygens (including phenoxy) is 1. The van der Waals surface area contributed by atoms with E-state index in [1.165, 1.54) is 0 Å². The first kappa shape index (κ1) is 12.1. The van der Waals surface area contributed by atoms with Crippen molar-refractivity contribution in [1.82, 2.24) is 9.78 Å². The first-order valence-electron chi connectivity index (χ1n) is 5.28. The van der Waals surface area contributed by atoms with Crippen LogP contribution >= 0.6 is 15.9 Å². The maximum Gasteiger partial charge on any atom is 0.165 e. The quantitative estimate of drug-likeness (QED) is 0.944. The van der Waals surface area contributed by atoms with Crippen molar-refractivity contribution < 1.29 is 9.84 Å². The molecule has 0 amide bonds. The van der Waals surface area contributed by atoms with Crippen molar-refractivity contribution in [3.8, 4) is 11.5 Å². The minimum Gasteiger partial charge on any atom is -0.453 e. The number of benzene rings is 1. The number of para-hydroxylation sites is 1. The van der Waals surface area contributed by atoms with Crippen molar-refractivity contribution in [1.29, 1.82) is 0 Å². The lowest BCUT2D eigenvalue weighted by atomic mass is 10.3. The molecule has 17 heavy (non-hydrogen) atoms. The Kier molecular flexibility index (Phi) is 3.81. The summed E-state index contributed by atoms with van der Waals surface area (Å²) in [4.78, 5) is 0. The predicted octanol–water partition coefficient (Wildman–Crippen LogP) is 2.82. The second-order valence-corrected chi connectivity index (χ2v) is 4.63. The van der Waals surface area contributed by atoms with E-state index in [-0.39, 0.29) is 0 Å². The van der Waals surface area contributed by atoms with E-state index >= 15 is 0 Å². The van der Waals surface area contributed by atoms with Crippen LogP contribution in [-0.2, 0) is 6.54 Å². The number of aliphatic hydroxyl groups excluding tert-OH is 1. The van der Waals surface area contributed by atoms with Crippen molar-refractivity contribution in [2.45, 2.75) is 19.6 Å². The summed E-state index contributed by atoms with van der Waals surface area (Å²) in [7, 11) is 0. The molecule has 0 saturated heterocycles.